The minimum absolute atomic E-state index is 0. The van der Waals surface area contributed by atoms with Crippen LogP contribution in [-0.2, 0) is 0 Å². The van der Waals surface area contributed by atoms with Gasteiger partial charge in [0, 0.05) is 18.7 Å². The molecule has 0 spiro atoms. The van der Waals surface area contributed by atoms with E-state index < -0.39 is 11.6 Å². The summed E-state index contributed by atoms with van der Waals surface area (Å²) in [6, 6.07) is 3.24. The van der Waals surface area contributed by atoms with Crippen molar-refractivity contribution >= 4 is 18.3 Å². The van der Waals surface area contributed by atoms with E-state index in [2.05, 4.69) is 0 Å². The summed E-state index contributed by atoms with van der Waals surface area (Å²) in [4.78, 5) is 13.8. The molecule has 0 bridgehead atoms. The van der Waals surface area contributed by atoms with Gasteiger partial charge in [0.2, 0.25) is 0 Å². The molecule has 106 valence electrons. The van der Waals surface area contributed by atoms with Crippen LogP contribution >= 0.6 is 12.4 Å². The smallest absolute Gasteiger partial charge is 0.253 e. The topological polar surface area (TPSA) is 46.3 Å². The third-order valence-corrected chi connectivity index (χ3v) is 3.31. The van der Waals surface area contributed by atoms with Gasteiger partial charge in [0.1, 0.15) is 0 Å². The highest BCUT2D eigenvalue weighted by atomic mass is 35.5. The fourth-order valence-electron chi connectivity index (χ4n) is 2.25. The summed E-state index contributed by atoms with van der Waals surface area (Å²) in [6.45, 7) is 1.78. The average Bonchev–Trinajstić information content (AvgIpc) is 2.41. The maximum Gasteiger partial charge on any atom is 0.253 e. The zero-order valence-corrected chi connectivity index (χ0v) is 11.3. The van der Waals surface area contributed by atoms with E-state index in [9.17, 15) is 13.6 Å². The zero-order valence-electron chi connectivity index (χ0n) is 10.4. The monoisotopic (exact) mass is 290 g/mol. The molecule has 2 rings (SSSR count). The molecule has 1 heterocycles. The summed E-state index contributed by atoms with van der Waals surface area (Å²) in [5.41, 5.74) is 5.79. The molecule has 0 radical (unpaired) electrons. The van der Waals surface area contributed by atoms with Crippen LogP contribution in [0, 0.1) is 17.6 Å². The molecule has 19 heavy (non-hydrogen) atoms. The van der Waals surface area contributed by atoms with Crippen molar-refractivity contribution in [2.45, 2.75) is 12.8 Å². The molecule has 0 aromatic heterocycles. The van der Waals surface area contributed by atoms with Crippen LogP contribution in [0.3, 0.4) is 0 Å². The number of benzene rings is 1. The normalized spacial score (nSPS) is 18.9. The Labute approximate surface area is 117 Å². The molecule has 2 N–H and O–H groups in total. The molecule has 1 fully saturated rings. The summed E-state index contributed by atoms with van der Waals surface area (Å²) in [7, 11) is 0. The van der Waals surface area contributed by atoms with Gasteiger partial charge in [-0.25, -0.2) is 8.78 Å². The molecule has 1 aliphatic rings. The van der Waals surface area contributed by atoms with Gasteiger partial charge < -0.3 is 10.6 Å². The molecule has 1 atom stereocenters. The summed E-state index contributed by atoms with van der Waals surface area (Å²) >= 11 is 0. The van der Waals surface area contributed by atoms with Crippen molar-refractivity contribution in [3.63, 3.8) is 0 Å². The van der Waals surface area contributed by atoms with E-state index >= 15 is 0 Å². The fourth-order valence-corrected chi connectivity index (χ4v) is 2.25. The summed E-state index contributed by atoms with van der Waals surface area (Å²) in [6.07, 6.45) is 1.91. The third-order valence-electron chi connectivity index (χ3n) is 3.31. The molecule has 0 saturated carbocycles. The Kier molecular flexibility index (Phi) is 5.69. The number of halogens is 3. The van der Waals surface area contributed by atoms with Crippen LogP contribution in [0.15, 0.2) is 18.2 Å². The Hall–Kier alpha value is -1.20. The molecule has 3 nitrogen and oxygen atoms in total. The molecule has 1 amide bonds. The number of nitrogens with two attached hydrogens (primary N) is 1. The second kappa shape index (κ2) is 6.82. The first kappa shape index (κ1) is 15.9. The molecule has 1 aliphatic heterocycles. The lowest BCUT2D eigenvalue weighted by Crippen LogP contribution is -2.42. The average molecular weight is 291 g/mol. The Morgan fingerprint density at radius 1 is 1.37 bits per heavy atom. The van der Waals surface area contributed by atoms with E-state index in [0.717, 1.165) is 25.0 Å². The first-order valence-electron chi connectivity index (χ1n) is 6.06. The van der Waals surface area contributed by atoms with E-state index in [0.29, 0.717) is 25.6 Å². The maximum atomic E-state index is 13.1. The van der Waals surface area contributed by atoms with Crippen LogP contribution in [0.1, 0.15) is 23.2 Å². The number of amides is 1. The number of hydrogen-bond acceptors (Lipinski definition) is 2. The zero-order chi connectivity index (χ0) is 13.1. The van der Waals surface area contributed by atoms with Crippen LogP contribution < -0.4 is 5.73 Å². The third kappa shape index (κ3) is 3.64. The van der Waals surface area contributed by atoms with Crippen LogP contribution in [-0.4, -0.2) is 30.4 Å². The Morgan fingerprint density at radius 2 is 2.11 bits per heavy atom. The maximum absolute atomic E-state index is 13.1. The van der Waals surface area contributed by atoms with Gasteiger partial charge >= 0.3 is 0 Å². The predicted molar refractivity (Wildman–Crippen MR) is 71.3 cm³/mol. The van der Waals surface area contributed by atoms with Gasteiger partial charge in [-0.05, 0) is 43.5 Å². The number of hydrogen-bond donors (Lipinski definition) is 1. The first-order chi connectivity index (χ1) is 8.61. The molecular formula is C13H17ClF2N2O. The van der Waals surface area contributed by atoms with Crippen molar-refractivity contribution in [3.8, 4) is 0 Å². The van der Waals surface area contributed by atoms with Crippen molar-refractivity contribution in [1.82, 2.24) is 4.90 Å². The minimum atomic E-state index is -0.992. The Morgan fingerprint density at radius 3 is 2.74 bits per heavy atom. The molecule has 1 saturated heterocycles. The van der Waals surface area contributed by atoms with Gasteiger partial charge in [0.25, 0.3) is 5.91 Å². The predicted octanol–water partition coefficient (Wildman–Crippen LogP) is 2.20. The fraction of sp³-hybridized carbons (Fsp3) is 0.462. The van der Waals surface area contributed by atoms with Crippen molar-refractivity contribution in [1.29, 1.82) is 0 Å². The number of piperidine rings is 1. The van der Waals surface area contributed by atoms with Crippen LogP contribution in [0.5, 0.6) is 0 Å². The van der Waals surface area contributed by atoms with Gasteiger partial charge in [-0.1, -0.05) is 0 Å². The molecule has 1 aromatic rings. The lowest BCUT2D eigenvalue weighted by molar-refractivity contribution is 0.0677. The van der Waals surface area contributed by atoms with Gasteiger partial charge in [-0.2, -0.15) is 0 Å². The highest BCUT2D eigenvalue weighted by molar-refractivity contribution is 5.94. The lowest BCUT2D eigenvalue weighted by atomic mass is 9.97. The van der Waals surface area contributed by atoms with Gasteiger partial charge in [0.15, 0.2) is 11.6 Å². The highest BCUT2D eigenvalue weighted by Crippen LogP contribution is 2.18. The van der Waals surface area contributed by atoms with E-state index in [1.165, 1.54) is 6.07 Å². The molecule has 0 aliphatic carbocycles. The minimum Gasteiger partial charge on any atom is -0.338 e. The second-order valence-electron chi connectivity index (χ2n) is 4.62. The molecule has 1 unspecified atom stereocenters. The van der Waals surface area contributed by atoms with E-state index in [4.69, 9.17) is 5.73 Å². The largest absolute Gasteiger partial charge is 0.338 e. The quantitative estimate of drug-likeness (QED) is 0.907. The summed E-state index contributed by atoms with van der Waals surface area (Å²) < 4.78 is 25.9. The van der Waals surface area contributed by atoms with Crippen LogP contribution in [0.2, 0.25) is 0 Å². The van der Waals surface area contributed by atoms with Gasteiger partial charge in [-0.3, -0.25) is 4.79 Å². The molecular weight excluding hydrogens is 274 g/mol. The van der Waals surface area contributed by atoms with Crippen molar-refractivity contribution in [3.05, 3.63) is 35.4 Å². The molecule has 1 aromatic carbocycles. The van der Waals surface area contributed by atoms with Crippen LogP contribution in [0.4, 0.5) is 8.78 Å². The summed E-state index contributed by atoms with van der Waals surface area (Å²) in [5, 5.41) is 0. The number of carbonyl (C=O) groups is 1. The Balaban J connectivity index is 0.00000180. The lowest BCUT2D eigenvalue weighted by Gasteiger charge is -2.32. The summed E-state index contributed by atoms with van der Waals surface area (Å²) in [5.74, 6) is -1.89. The number of nitrogens with zero attached hydrogens (tertiary/aromatic N) is 1. The second-order valence-corrected chi connectivity index (χ2v) is 4.62. The Bertz CT molecular complexity index is 456. The number of likely N-dealkylation sites (tertiary alicyclic amines) is 1. The first-order valence-corrected chi connectivity index (χ1v) is 6.06. The SMILES string of the molecule is Cl.NCC1CCCN(C(=O)c2ccc(F)c(F)c2)C1. The highest BCUT2D eigenvalue weighted by Gasteiger charge is 2.24. The standard InChI is InChI=1S/C13H16F2N2O.ClH/c14-11-4-3-10(6-12(11)15)13(18)17-5-1-2-9(7-16)8-17;/h3-4,6,9H,1-2,5,7-8,16H2;1H. The van der Waals surface area contributed by atoms with Crippen LogP contribution in [0.25, 0.3) is 0 Å². The van der Waals surface area contributed by atoms with E-state index in [1.54, 1.807) is 4.90 Å². The van der Waals surface area contributed by atoms with Gasteiger partial charge in [0.05, 0.1) is 0 Å². The van der Waals surface area contributed by atoms with Crippen molar-refractivity contribution < 1.29 is 13.6 Å². The number of rotatable bonds is 2. The van der Waals surface area contributed by atoms with Crippen molar-refractivity contribution in [2.75, 3.05) is 19.6 Å². The number of carbonyl (C=O) groups excluding carboxylic acids is 1. The van der Waals surface area contributed by atoms with E-state index in [1.807, 2.05) is 0 Å². The van der Waals surface area contributed by atoms with E-state index in [-0.39, 0.29) is 23.9 Å². The van der Waals surface area contributed by atoms with Crippen molar-refractivity contribution in [2.24, 2.45) is 11.7 Å². The molecule has 6 heteroatoms. The van der Waals surface area contributed by atoms with Gasteiger partial charge in [-0.15, -0.1) is 12.4 Å².